The number of amides is 1. The predicted molar refractivity (Wildman–Crippen MR) is 75.4 cm³/mol. The molecule has 0 saturated heterocycles. The van der Waals surface area contributed by atoms with Gasteiger partial charge < -0.3 is 5.32 Å². The topological polar surface area (TPSA) is 70.7 Å². The summed E-state index contributed by atoms with van der Waals surface area (Å²) in [5, 5.41) is 12.1. The van der Waals surface area contributed by atoms with Crippen LogP contribution in [0.4, 0.5) is 0 Å². The number of thiophene rings is 1. The molecule has 3 aromatic heterocycles. The Morgan fingerprint density at radius 3 is 2.95 bits per heavy atom. The van der Waals surface area contributed by atoms with Crippen molar-refractivity contribution in [3.63, 3.8) is 0 Å². The summed E-state index contributed by atoms with van der Waals surface area (Å²) >= 11 is 1.62. The Hall–Kier alpha value is -2.47. The summed E-state index contributed by atoms with van der Waals surface area (Å²) in [7, 11) is 0. The van der Waals surface area contributed by atoms with E-state index < -0.39 is 0 Å². The van der Waals surface area contributed by atoms with Crippen LogP contribution >= 0.6 is 11.3 Å². The summed E-state index contributed by atoms with van der Waals surface area (Å²) in [6, 6.07) is 7.63. The van der Waals surface area contributed by atoms with Crippen molar-refractivity contribution < 1.29 is 4.79 Å². The molecule has 3 aromatic rings. The van der Waals surface area contributed by atoms with Gasteiger partial charge in [-0.15, -0.1) is 11.3 Å². The SMILES string of the molecule is O=C1N[C@@H](c2cccnc2)c2c1n[nH]c2-c1cccs1. The van der Waals surface area contributed by atoms with Gasteiger partial charge in [0.15, 0.2) is 5.69 Å². The second-order valence-electron chi connectivity index (χ2n) is 4.53. The van der Waals surface area contributed by atoms with Crippen LogP contribution < -0.4 is 5.32 Å². The van der Waals surface area contributed by atoms with Crippen molar-refractivity contribution in [2.45, 2.75) is 6.04 Å². The molecule has 6 heteroatoms. The first-order valence-electron chi connectivity index (χ1n) is 6.17. The van der Waals surface area contributed by atoms with Crippen LogP contribution in [0.1, 0.15) is 27.7 Å². The number of aromatic amines is 1. The van der Waals surface area contributed by atoms with Gasteiger partial charge in [0.2, 0.25) is 0 Å². The third-order valence-corrected chi connectivity index (χ3v) is 4.26. The Labute approximate surface area is 118 Å². The molecule has 0 radical (unpaired) electrons. The van der Waals surface area contributed by atoms with E-state index in [1.165, 1.54) is 0 Å². The van der Waals surface area contributed by atoms with Gasteiger partial charge in [0.05, 0.1) is 16.6 Å². The molecule has 2 N–H and O–H groups in total. The quantitative estimate of drug-likeness (QED) is 0.758. The number of hydrogen-bond acceptors (Lipinski definition) is 4. The van der Waals surface area contributed by atoms with Crippen LogP contribution in [0, 0.1) is 0 Å². The maximum atomic E-state index is 12.0. The van der Waals surface area contributed by atoms with Crippen LogP contribution in [-0.4, -0.2) is 21.1 Å². The lowest BCUT2D eigenvalue weighted by molar-refractivity contribution is 0.0955. The van der Waals surface area contributed by atoms with E-state index in [1.54, 1.807) is 23.7 Å². The zero-order valence-corrected chi connectivity index (χ0v) is 11.1. The molecule has 0 saturated carbocycles. The second kappa shape index (κ2) is 4.28. The van der Waals surface area contributed by atoms with Crippen molar-refractivity contribution in [3.8, 4) is 10.6 Å². The van der Waals surface area contributed by atoms with Crippen LogP contribution in [-0.2, 0) is 0 Å². The first-order chi connectivity index (χ1) is 9.84. The minimum atomic E-state index is -0.193. The van der Waals surface area contributed by atoms with Gasteiger partial charge in [-0.1, -0.05) is 12.1 Å². The molecule has 0 aromatic carbocycles. The highest BCUT2D eigenvalue weighted by Crippen LogP contribution is 2.37. The summed E-state index contributed by atoms with van der Waals surface area (Å²) in [6.07, 6.45) is 3.49. The molecule has 0 fully saturated rings. The summed E-state index contributed by atoms with van der Waals surface area (Å²) < 4.78 is 0. The average Bonchev–Trinajstić information content (AvgIpc) is 3.17. The number of carbonyl (C=O) groups excluding carboxylic acids is 1. The molecule has 1 aliphatic rings. The molecule has 0 aliphatic carbocycles. The normalized spacial score (nSPS) is 17.0. The molecular weight excluding hydrogens is 272 g/mol. The third kappa shape index (κ3) is 1.58. The number of H-pyrrole nitrogens is 1. The number of carbonyl (C=O) groups is 1. The van der Waals surface area contributed by atoms with Crippen molar-refractivity contribution in [2.24, 2.45) is 0 Å². The Bertz CT molecular complexity index is 764. The molecule has 1 aliphatic heterocycles. The number of nitrogens with one attached hydrogen (secondary N) is 2. The third-order valence-electron chi connectivity index (χ3n) is 3.37. The number of fused-ring (bicyclic) bond motifs is 1. The maximum Gasteiger partial charge on any atom is 0.272 e. The zero-order chi connectivity index (χ0) is 13.5. The first-order valence-corrected chi connectivity index (χ1v) is 7.05. The molecule has 1 atom stereocenters. The monoisotopic (exact) mass is 282 g/mol. The summed E-state index contributed by atoms with van der Waals surface area (Å²) in [4.78, 5) is 17.2. The fourth-order valence-corrected chi connectivity index (χ4v) is 3.22. The number of hydrogen-bond donors (Lipinski definition) is 2. The number of nitrogens with zero attached hydrogens (tertiary/aromatic N) is 2. The largest absolute Gasteiger partial charge is 0.339 e. The molecule has 20 heavy (non-hydrogen) atoms. The van der Waals surface area contributed by atoms with E-state index in [-0.39, 0.29) is 11.9 Å². The highest BCUT2D eigenvalue weighted by Gasteiger charge is 2.35. The van der Waals surface area contributed by atoms with Crippen molar-refractivity contribution in [3.05, 3.63) is 58.9 Å². The minimum Gasteiger partial charge on any atom is -0.339 e. The fraction of sp³-hybridized carbons (Fsp3) is 0.0714. The molecule has 98 valence electrons. The van der Waals surface area contributed by atoms with Gasteiger partial charge in [-0.2, -0.15) is 5.10 Å². The van der Waals surface area contributed by atoms with Crippen molar-refractivity contribution in [1.82, 2.24) is 20.5 Å². The van der Waals surface area contributed by atoms with E-state index in [0.717, 1.165) is 21.7 Å². The fourth-order valence-electron chi connectivity index (χ4n) is 2.48. The highest BCUT2D eigenvalue weighted by atomic mass is 32.1. The zero-order valence-electron chi connectivity index (χ0n) is 10.3. The van der Waals surface area contributed by atoms with E-state index >= 15 is 0 Å². The number of rotatable bonds is 2. The molecule has 0 unspecified atom stereocenters. The molecule has 0 bridgehead atoms. The van der Waals surface area contributed by atoms with Crippen molar-refractivity contribution >= 4 is 17.2 Å². The van der Waals surface area contributed by atoms with E-state index in [4.69, 9.17) is 0 Å². The summed E-state index contributed by atoms with van der Waals surface area (Å²) in [5.74, 6) is -0.145. The standard InChI is InChI=1S/C14H10N4OS/c19-14-13-10(11(16-14)8-3-1-5-15-7-8)12(17-18-13)9-4-2-6-20-9/h1-7,11H,(H,16,19)(H,17,18)/t11-/m0/s1. The van der Waals surface area contributed by atoms with Gasteiger partial charge in [-0.25, -0.2) is 0 Å². The van der Waals surface area contributed by atoms with Crippen LogP contribution in [0.25, 0.3) is 10.6 Å². The van der Waals surface area contributed by atoms with Gasteiger partial charge in [0, 0.05) is 18.0 Å². The molecule has 4 rings (SSSR count). The average molecular weight is 282 g/mol. The molecule has 4 heterocycles. The predicted octanol–water partition coefficient (Wildman–Crippen LogP) is 2.37. The van der Waals surface area contributed by atoms with Gasteiger partial charge in [-0.05, 0) is 23.1 Å². The smallest absolute Gasteiger partial charge is 0.272 e. The Morgan fingerprint density at radius 1 is 1.25 bits per heavy atom. The van der Waals surface area contributed by atoms with Crippen molar-refractivity contribution in [1.29, 1.82) is 0 Å². The number of pyridine rings is 1. The molecular formula is C14H10N4OS. The maximum absolute atomic E-state index is 12.0. The van der Waals surface area contributed by atoms with E-state index in [0.29, 0.717) is 5.69 Å². The van der Waals surface area contributed by atoms with E-state index in [1.807, 2.05) is 29.6 Å². The van der Waals surface area contributed by atoms with Gasteiger partial charge >= 0.3 is 0 Å². The Balaban J connectivity index is 1.89. The lowest BCUT2D eigenvalue weighted by Gasteiger charge is -2.12. The molecule has 0 spiro atoms. The van der Waals surface area contributed by atoms with Crippen LogP contribution in [0.15, 0.2) is 42.0 Å². The lowest BCUT2D eigenvalue weighted by Crippen LogP contribution is -2.21. The Kier molecular flexibility index (Phi) is 2.43. The van der Waals surface area contributed by atoms with E-state index in [2.05, 4.69) is 20.5 Å². The van der Waals surface area contributed by atoms with Gasteiger partial charge in [0.1, 0.15) is 0 Å². The second-order valence-corrected chi connectivity index (χ2v) is 5.48. The van der Waals surface area contributed by atoms with Crippen molar-refractivity contribution in [2.75, 3.05) is 0 Å². The molecule has 1 amide bonds. The first kappa shape index (κ1) is 11.4. The molecule has 5 nitrogen and oxygen atoms in total. The van der Waals surface area contributed by atoms with Gasteiger partial charge in [-0.3, -0.25) is 14.9 Å². The number of aromatic nitrogens is 3. The minimum absolute atomic E-state index is 0.145. The summed E-state index contributed by atoms with van der Waals surface area (Å²) in [5.41, 5.74) is 3.24. The van der Waals surface area contributed by atoms with E-state index in [9.17, 15) is 4.79 Å². The van der Waals surface area contributed by atoms with Gasteiger partial charge in [0.25, 0.3) is 5.91 Å². The van der Waals surface area contributed by atoms with Crippen LogP contribution in [0.5, 0.6) is 0 Å². The summed E-state index contributed by atoms with van der Waals surface area (Å²) in [6.45, 7) is 0. The highest BCUT2D eigenvalue weighted by molar-refractivity contribution is 7.13. The Morgan fingerprint density at radius 2 is 2.20 bits per heavy atom. The van der Waals surface area contributed by atoms with Crippen LogP contribution in [0.2, 0.25) is 0 Å². The lowest BCUT2D eigenvalue weighted by atomic mass is 10.0. The van der Waals surface area contributed by atoms with Crippen LogP contribution in [0.3, 0.4) is 0 Å².